The van der Waals surface area contributed by atoms with Gasteiger partial charge in [0, 0.05) is 11.8 Å². The van der Waals surface area contributed by atoms with Crippen molar-refractivity contribution in [2.24, 2.45) is 0 Å². The third-order valence-electron chi connectivity index (χ3n) is 2.54. The van der Waals surface area contributed by atoms with Gasteiger partial charge in [-0.05, 0) is 34.1 Å². The van der Waals surface area contributed by atoms with Crippen LogP contribution in [0.25, 0.3) is 0 Å². The van der Waals surface area contributed by atoms with E-state index in [1.165, 1.54) is 6.20 Å². The molecule has 2 aromatic rings. The standard InChI is InChI=1S/C14H13BrClN3O2/c15-12-7-10(8-18-14(12)16)19-13(20)4-5-21-11-3-1-2-9(17)6-11/h1-3,6-8H,4-5,17H2,(H,19,20). The molecule has 0 bridgehead atoms. The van der Waals surface area contributed by atoms with E-state index in [0.29, 0.717) is 26.8 Å². The molecule has 0 atom stereocenters. The van der Waals surface area contributed by atoms with Crippen LogP contribution in [0.3, 0.4) is 0 Å². The van der Waals surface area contributed by atoms with Crippen molar-refractivity contribution in [3.8, 4) is 5.75 Å². The maximum absolute atomic E-state index is 11.8. The minimum Gasteiger partial charge on any atom is -0.493 e. The van der Waals surface area contributed by atoms with E-state index in [4.69, 9.17) is 22.1 Å². The van der Waals surface area contributed by atoms with Crippen molar-refractivity contribution >= 4 is 44.8 Å². The van der Waals surface area contributed by atoms with E-state index in [0.717, 1.165) is 0 Å². The van der Waals surface area contributed by atoms with E-state index >= 15 is 0 Å². The highest BCUT2D eigenvalue weighted by atomic mass is 79.9. The lowest BCUT2D eigenvalue weighted by molar-refractivity contribution is -0.116. The van der Waals surface area contributed by atoms with Gasteiger partial charge in [-0.25, -0.2) is 4.98 Å². The molecule has 1 aromatic carbocycles. The molecule has 0 saturated carbocycles. The number of rotatable bonds is 5. The fourth-order valence-electron chi connectivity index (χ4n) is 1.58. The van der Waals surface area contributed by atoms with Gasteiger partial charge in [-0.1, -0.05) is 17.7 Å². The van der Waals surface area contributed by atoms with Crippen molar-refractivity contribution in [1.82, 2.24) is 4.98 Å². The van der Waals surface area contributed by atoms with Crippen LogP contribution >= 0.6 is 27.5 Å². The van der Waals surface area contributed by atoms with Crippen LogP contribution in [0.1, 0.15) is 6.42 Å². The highest BCUT2D eigenvalue weighted by Gasteiger charge is 2.06. The topological polar surface area (TPSA) is 77.2 Å². The molecule has 0 unspecified atom stereocenters. The number of anilines is 2. The summed E-state index contributed by atoms with van der Waals surface area (Å²) in [6.07, 6.45) is 1.71. The summed E-state index contributed by atoms with van der Waals surface area (Å²) in [5.74, 6) is 0.466. The number of carbonyl (C=O) groups is 1. The minimum atomic E-state index is -0.171. The van der Waals surface area contributed by atoms with Gasteiger partial charge in [0.2, 0.25) is 5.91 Å². The van der Waals surface area contributed by atoms with Crippen molar-refractivity contribution in [3.05, 3.63) is 46.2 Å². The molecule has 0 aliphatic carbocycles. The molecular weight excluding hydrogens is 358 g/mol. The molecule has 21 heavy (non-hydrogen) atoms. The Morgan fingerprint density at radius 3 is 2.95 bits per heavy atom. The number of benzene rings is 1. The Bertz CT molecular complexity index is 652. The number of pyridine rings is 1. The Kier molecular flexibility index (Phi) is 5.41. The Morgan fingerprint density at radius 1 is 1.43 bits per heavy atom. The number of aromatic nitrogens is 1. The van der Waals surface area contributed by atoms with Crippen LogP contribution < -0.4 is 15.8 Å². The molecule has 0 saturated heterocycles. The van der Waals surface area contributed by atoms with Gasteiger partial charge in [0.1, 0.15) is 10.9 Å². The quantitative estimate of drug-likeness (QED) is 0.624. The summed E-state index contributed by atoms with van der Waals surface area (Å²) in [7, 11) is 0. The predicted molar refractivity (Wildman–Crippen MR) is 86.5 cm³/mol. The number of nitrogens with two attached hydrogens (primary N) is 1. The Labute approximate surface area is 135 Å². The number of amides is 1. The van der Waals surface area contributed by atoms with E-state index in [2.05, 4.69) is 26.2 Å². The van der Waals surface area contributed by atoms with Crippen LogP contribution in [-0.4, -0.2) is 17.5 Å². The molecule has 2 rings (SSSR count). The first-order valence-electron chi connectivity index (χ1n) is 6.14. The number of nitrogen functional groups attached to an aromatic ring is 1. The largest absolute Gasteiger partial charge is 0.493 e. The third kappa shape index (κ3) is 4.91. The number of nitrogens with zero attached hydrogens (tertiary/aromatic N) is 1. The van der Waals surface area contributed by atoms with Crippen molar-refractivity contribution in [3.63, 3.8) is 0 Å². The van der Waals surface area contributed by atoms with Gasteiger partial charge in [0.25, 0.3) is 0 Å². The summed E-state index contributed by atoms with van der Waals surface area (Å²) in [6, 6.07) is 8.74. The van der Waals surface area contributed by atoms with E-state index in [1.54, 1.807) is 30.3 Å². The second-order valence-corrected chi connectivity index (χ2v) is 5.43. The average Bonchev–Trinajstić information content (AvgIpc) is 2.43. The first kappa shape index (κ1) is 15.6. The smallest absolute Gasteiger partial charge is 0.227 e. The molecule has 1 heterocycles. The van der Waals surface area contributed by atoms with Crippen LogP contribution in [0, 0.1) is 0 Å². The Hall–Kier alpha value is -1.79. The van der Waals surface area contributed by atoms with Crippen LogP contribution in [0.5, 0.6) is 5.75 Å². The van der Waals surface area contributed by atoms with Crippen molar-refractivity contribution in [2.45, 2.75) is 6.42 Å². The maximum Gasteiger partial charge on any atom is 0.227 e. The molecule has 5 nitrogen and oxygen atoms in total. The molecule has 110 valence electrons. The molecule has 3 N–H and O–H groups in total. The van der Waals surface area contributed by atoms with Crippen LogP contribution in [0.4, 0.5) is 11.4 Å². The maximum atomic E-state index is 11.8. The second-order valence-electron chi connectivity index (χ2n) is 4.22. The summed E-state index contributed by atoms with van der Waals surface area (Å²) in [5, 5.41) is 3.06. The number of hydrogen-bond acceptors (Lipinski definition) is 4. The second kappa shape index (κ2) is 7.28. The van der Waals surface area contributed by atoms with Crippen molar-refractivity contribution in [2.75, 3.05) is 17.7 Å². The first-order valence-corrected chi connectivity index (χ1v) is 7.31. The summed E-state index contributed by atoms with van der Waals surface area (Å²) >= 11 is 9.02. The Balaban J connectivity index is 1.81. The van der Waals surface area contributed by atoms with Gasteiger partial charge in [-0.3, -0.25) is 4.79 Å². The van der Waals surface area contributed by atoms with Gasteiger partial charge in [-0.2, -0.15) is 0 Å². The van der Waals surface area contributed by atoms with E-state index < -0.39 is 0 Å². The summed E-state index contributed by atoms with van der Waals surface area (Å²) in [4.78, 5) is 15.7. The monoisotopic (exact) mass is 369 g/mol. The lowest BCUT2D eigenvalue weighted by Crippen LogP contribution is -2.15. The number of ether oxygens (including phenoxy) is 1. The SMILES string of the molecule is Nc1cccc(OCCC(=O)Nc2cnc(Cl)c(Br)c2)c1. The highest BCUT2D eigenvalue weighted by molar-refractivity contribution is 9.10. The lowest BCUT2D eigenvalue weighted by atomic mass is 10.3. The van der Waals surface area contributed by atoms with Gasteiger partial charge in [0.05, 0.1) is 29.4 Å². The van der Waals surface area contributed by atoms with E-state index in [-0.39, 0.29) is 18.9 Å². The number of nitrogens with one attached hydrogen (secondary N) is 1. The van der Waals surface area contributed by atoms with E-state index in [9.17, 15) is 4.79 Å². The lowest BCUT2D eigenvalue weighted by Gasteiger charge is -2.08. The molecular formula is C14H13BrClN3O2. The van der Waals surface area contributed by atoms with Crippen molar-refractivity contribution < 1.29 is 9.53 Å². The molecule has 1 amide bonds. The summed E-state index contributed by atoms with van der Waals surface area (Å²) in [6.45, 7) is 0.261. The normalized spacial score (nSPS) is 10.2. The molecule has 0 radical (unpaired) electrons. The molecule has 0 aliphatic heterocycles. The zero-order valence-electron chi connectivity index (χ0n) is 11.0. The molecule has 1 aromatic heterocycles. The molecule has 0 aliphatic rings. The highest BCUT2D eigenvalue weighted by Crippen LogP contribution is 2.22. The predicted octanol–water partition coefficient (Wildman–Crippen LogP) is 3.49. The fourth-order valence-corrected chi connectivity index (χ4v) is 2.03. The number of halogens is 2. The van der Waals surface area contributed by atoms with Crippen molar-refractivity contribution in [1.29, 1.82) is 0 Å². The van der Waals surface area contributed by atoms with Crippen LogP contribution in [0.15, 0.2) is 41.0 Å². The van der Waals surface area contributed by atoms with Gasteiger partial charge in [-0.15, -0.1) is 0 Å². The third-order valence-corrected chi connectivity index (χ3v) is 3.67. The molecule has 0 spiro atoms. The fraction of sp³-hybridized carbons (Fsp3) is 0.143. The van der Waals surface area contributed by atoms with Crippen LogP contribution in [0.2, 0.25) is 5.15 Å². The van der Waals surface area contributed by atoms with E-state index in [1.807, 2.05) is 0 Å². The average molecular weight is 371 g/mol. The minimum absolute atomic E-state index is 0.171. The van der Waals surface area contributed by atoms with Gasteiger partial charge < -0.3 is 15.8 Å². The molecule has 0 fully saturated rings. The zero-order chi connectivity index (χ0) is 15.2. The van der Waals surface area contributed by atoms with Gasteiger partial charge in [0.15, 0.2) is 0 Å². The zero-order valence-corrected chi connectivity index (χ0v) is 13.3. The summed E-state index contributed by atoms with van der Waals surface area (Å²) < 4.78 is 6.07. The van der Waals surface area contributed by atoms with Crippen LogP contribution in [-0.2, 0) is 4.79 Å². The number of hydrogen-bond donors (Lipinski definition) is 2. The molecule has 7 heteroatoms. The Morgan fingerprint density at radius 2 is 2.24 bits per heavy atom. The summed E-state index contributed by atoms with van der Waals surface area (Å²) in [5.41, 5.74) is 6.83. The first-order chi connectivity index (χ1) is 10.0. The number of carbonyl (C=O) groups excluding carboxylic acids is 1. The van der Waals surface area contributed by atoms with Gasteiger partial charge >= 0.3 is 0 Å².